The highest BCUT2D eigenvalue weighted by Gasteiger charge is 2.17. The Morgan fingerprint density at radius 3 is 2.50 bits per heavy atom. The summed E-state index contributed by atoms with van der Waals surface area (Å²) in [6.07, 6.45) is 0. The Kier molecular flexibility index (Phi) is 3.41. The van der Waals surface area contributed by atoms with Gasteiger partial charge in [-0.15, -0.1) is 0 Å². The molecule has 0 aliphatic rings. The minimum Gasteiger partial charge on any atom is -0.271 e. The van der Waals surface area contributed by atoms with Crippen molar-refractivity contribution in [3.8, 4) is 0 Å². The number of hydrogen-bond donors (Lipinski definition) is 2. The lowest BCUT2D eigenvalue weighted by Crippen LogP contribution is -2.30. The molecule has 0 amide bonds. The van der Waals surface area contributed by atoms with Gasteiger partial charge in [-0.05, 0) is 18.2 Å². The highest BCUT2D eigenvalue weighted by molar-refractivity contribution is 5.78. The van der Waals surface area contributed by atoms with E-state index < -0.39 is 6.04 Å². The lowest BCUT2D eigenvalue weighted by Gasteiger charge is -2.17. The van der Waals surface area contributed by atoms with Crippen molar-refractivity contribution in [3.63, 3.8) is 0 Å². The number of fused-ring (bicyclic) bond motifs is 1. The summed E-state index contributed by atoms with van der Waals surface area (Å²) in [6, 6.07) is 17.7. The van der Waals surface area contributed by atoms with Gasteiger partial charge in [-0.3, -0.25) is 10.8 Å². The molecular formula is C16H14FN3. The van der Waals surface area contributed by atoms with Crippen molar-refractivity contribution in [1.82, 2.24) is 10.4 Å². The molecule has 0 radical (unpaired) electrons. The SMILES string of the molecule is NNC(c1ccc2ccccc2n1)c1ccccc1F. The topological polar surface area (TPSA) is 50.9 Å². The van der Waals surface area contributed by atoms with Crippen LogP contribution in [0.3, 0.4) is 0 Å². The van der Waals surface area contributed by atoms with Crippen LogP contribution in [0.5, 0.6) is 0 Å². The van der Waals surface area contributed by atoms with E-state index in [0.29, 0.717) is 11.3 Å². The lowest BCUT2D eigenvalue weighted by atomic mass is 10.0. The molecule has 2 aromatic carbocycles. The van der Waals surface area contributed by atoms with Crippen molar-refractivity contribution >= 4 is 10.9 Å². The van der Waals surface area contributed by atoms with Crippen LogP contribution in [0, 0.1) is 5.82 Å². The predicted molar refractivity (Wildman–Crippen MR) is 77.3 cm³/mol. The van der Waals surface area contributed by atoms with E-state index in [-0.39, 0.29) is 5.82 Å². The summed E-state index contributed by atoms with van der Waals surface area (Å²) in [6.45, 7) is 0. The largest absolute Gasteiger partial charge is 0.271 e. The Morgan fingerprint density at radius 2 is 1.70 bits per heavy atom. The van der Waals surface area contributed by atoms with Gasteiger partial charge in [-0.2, -0.15) is 0 Å². The Bertz CT molecular complexity index is 742. The van der Waals surface area contributed by atoms with E-state index >= 15 is 0 Å². The molecular weight excluding hydrogens is 253 g/mol. The Labute approximate surface area is 116 Å². The van der Waals surface area contributed by atoms with Gasteiger partial charge in [0.15, 0.2) is 0 Å². The standard InChI is InChI=1S/C16H14FN3/c17-13-7-3-2-6-12(13)16(20-18)15-10-9-11-5-1-4-8-14(11)19-15/h1-10,16,20H,18H2. The molecule has 0 saturated carbocycles. The molecule has 0 bridgehead atoms. The van der Waals surface area contributed by atoms with Crippen LogP contribution in [-0.2, 0) is 0 Å². The van der Waals surface area contributed by atoms with Crippen LogP contribution in [0.25, 0.3) is 10.9 Å². The molecule has 0 fully saturated rings. The number of nitrogens with two attached hydrogens (primary N) is 1. The van der Waals surface area contributed by atoms with Crippen molar-refractivity contribution in [3.05, 3.63) is 77.7 Å². The second-order valence-electron chi connectivity index (χ2n) is 4.55. The number of nitrogens with one attached hydrogen (secondary N) is 1. The molecule has 3 N–H and O–H groups in total. The second kappa shape index (κ2) is 5.36. The molecule has 0 aliphatic carbocycles. The number of para-hydroxylation sites is 1. The molecule has 1 aromatic heterocycles. The number of rotatable bonds is 3. The van der Waals surface area contributed by atoms with Crippen LogP contribution in [0.4, 0.5) is 4.39 Å². The van der Waals surface area contributed by atoms with E-state index in [9.17, 15) is 4.39 Å². The molecule has 1 heterocycles. The van der Waals surface area contributed by atoms with Gasteiger partial charge < -0.3 is 0 Å². The predicted octanol–water partition coefficient (Wildman–Crippen LogP) is 2.93. The monoisotopic (exact) mass is 267 g/mol. The minimum absolute atomic E-state index is 0.301. The first-order chi connectivity index (χ1) is 9.79. The normalized spacial score (nSPS) is 12.5. The summed E-state index contributed by atoms with van der Waals surface area (Å²) in [5.41, 5.74) is 4.68. The van der Waals surface area contributed by atoms with Crippen LogP contribution in [0.1, 0.15) is 17.3 Å². The van der Waals surface area contributed by atoms with Crippen molar-refractivity contribution in [2.24, 2.45) is 5.84 Å². The van der Waals surface area contributed by atoms with Crippen molar-refractivity contribution in [2.75, 3.05) is 0 Å². The fraction of sp³-hybridized carbons (Fsp3) is 0.0625. The number of benzene rings is 2. The zero-order chi connectivity index (χ0) is 13.9. The third-order valence-electron chi connectivity index (χ3n) is 3.30. The Balaban J connectivity index is 2.10. The van der Waals surface area contributed by atoms with Gasteiger partial charge in [0.2, 0.25) is 0 Å². The summed E-state index contributed by atoms with van der Waals surface area (Å²) in [4.78, 5) is 4.55. The molecule has 1 atom stereocenters. The van der Waals surface area contributed by atoms with Gasteiger partial charge >= 0.3 is 0 Å². The summed E-state index contributed by atoms with van der Waals surface area (Å²) >= 11 is 0. The van der Waals surface area contributed by atoms with Crippen LogP contribution in [-0.4, -0.2) is 4.98 Å². The van der Waals surface area contributed by atoms with Gasteiger partial charge in [0, 0.05) is 10.9 Å². The third kappa shape index (κ3) is 2.27. The van der Waals surface area contributed by atoms with E-state index in [1.54, 1.807) is 18.2 Å². The van der Waals surface area contributed by atoms with Crippen LogP contribution in [0.15, 0.2) is 60.7 Å². The van der Waals surface area contributed by atoms with E-state index in [1.165, 1.54) is 6.07 Å². The molecule has 4 heteroatoms. The molecule has 100 valence electrons. The van der Waals surface area contributed by atoms with Crippen LogP contribution in [0.2, 0.25) is 0 Å². The molecule has 20 heavy (non-hydrogen) atoms. The van der Waals surface area contributed by atoms with Crippen molar-refractivity contribution < 1.29 is 4.39 Å². The van der Waals surface area contributed by atoms with E-state index in [0.717, 1.165) is 10.9 Å². The average Bonchev–Trinajstić information content (AvgIpc) is 2.50. The fourth-order valence-corrected chi connectivity index (χ4v) is 2.29. The first-order valence-electron chi connectivity index (χ1n) is 6.36. The zero-order valence-electron chi connectivity index (χ0n) is 10.8. The van der Waals surface area contributed by atoms with E-state index in [1.807, 2.05) is 36.4 Å². The number of nitrogens with zero attached hydrogens (tertiary/aromatic N) is 1. The van der Waals surface area contributed by atoms with Gasteiger partial charge in [0.1, 0.15) is 5.82 Å². The highest BCUT2D eigenvalue weighted by atomic mass is 19.1. The number of hydrogen-bond acceptors (Lipinski definition) is 3. The summed E-state index contributed by atoms with van der Waals surface area (Å²) < 4.78 is 13.9. The maximum Gasteiger partial charge on any atom is 0.128 e. The number of hydrazine groups is 1. The minimum atomic E-state index is -0.471. The second-order valence-corrected chi connectivity index (χ2v) is 4.55. The van der Waals surface area contributed by atoms with Gasteiger partial charge in [0.05, 0.1) is 17.3 Å². The molecule has 3 aromatic rings. The van der Waals surface area contributed by atoms with Gasteiger partial charge in [-0.25, -0.2) is 9.82 Å². The molecule has 0 aliphatic heterocycles. The summed E-state index contributed by atoms with van der Waals surface area (Å²) in [5, 5.41) is 1.04. The quantitative estimate of drug-likeness (QED) is 0.566. The first-order valence-corrected chi connectivity index (χ1v) is 6.36. The van der Waals surface area contributed by atoms with Crippen LogP contribution >= 0.6 is 0 Å². The maximum atomic E-state index is 13.9. The summed E-state index contributed by atoms with van der Waals surface area (Å²) in [5.74, 6) is 5.29. The smallest absolute Gasteiger partial charge is 0.128 e. The number of aromatic nitrogens is 1. The molecule has 1 unspecified atom stereocenters. The van der Waals surface area contributed by atoms with E-state index in [2.05, 4.69) is 10.4 Å². The van der Waals surface area contributed by atoms with Crippen molar-refractivity contribution in [1.29, 1.82) is 0 Å². The molecule has 3 nitrogen and oxygen atoms in total. The fourth-order valence-electron chi connectivity index (χ4n) is 2.29. The van der Waals surface area contributed by atoms with Crippen LogP contribution < -0.4 is 11.3 Å². The number of pyridine rings is 1. The zero-order valence-corrected chi connectivity index (χ0v) is 10.8. The maximum absolute atomic E-state index is 13.9. The van der Waals surface area contributed by atoms with Crippen molar-refractivity contribution in [2.45, 2.75) is 6.04 Å². The van der Waals surface area contributed by atoms with Gasteiger partial charge in [0.25, 0.3) is 0 Å². The number of halogens is 1. The molecule has 0 saturated heterocycles. The highest BCUT2D eigenvalue weighted by Crippen LogP contribution is 2.24. The summed E-state index contributed by atoms with van der Waals surface area (Å²) in [7, 11) is 0. The van der Waals surface area contributed by atoms with Gasteiger partial charge in [-0.1, -0.05) is 42.5 Å². The molecule has 0 spiro atoms. The average molecular weight is 267 g/mol. The molecule has 3 rings (SSSR count). The Hall–Kier alpha value is -2.30. The lowest BCUT2D eigenvalue weighted by molar-refractivity contribution is 0.554. The first kappa shape index (κ1) is 12.7. The Morgan fingerprint density at radius 1 is 0.950 bits per heavy atom. The van der Waals surface area contributed by atoms with E-state index in [4.69, 9.17) is 5.84 Å². The third-order valence-corrected chi connectivity index (χ3v) is 3.30.